The van der Waals surface area contributed by atoms with E-state index in [9.17, 15) is 4.79 Å². The lowest BCUT2D eigenvalue weighted by molar-refractivity contribution is 0.0697. The molecule has 0 amide bonds. The number of ether oxygens (including phenoxy) is 1. The normalized spacial score (nSPS) is 10.1. The van der Waals surface area contributed by atoms with Crippen LogP contribution in [0.5, 0.6) is 5.88 Å². The molecule has 0 fully saturated rings. The number of methoxy groups -OCH3 is 1. The molecule has 0 aliphatic heterocycles. The predicted octanol–water partition coefficient (Wildman–Crippen LogP) is 3.05. The molecule has 2 aromatic rings. The first-order valence-corrected chi connectivity index (χ1v) is 6.23. The number of hydrogen-bond acceptors (Lipinski definition) is 4. The van der Waals surface area contributed by atoms with E-state index in [1.165, 1.54) is 12.1 Å². The molecule has 0 radical (unpaired) electrons. The quantitative estimate of drug-likeness (QED) is 0.886. The summed E-state index contributed by atoms with van der Waals surface area (Å²) in [6, 6.07) is 8.22. The zero-order valence-corrected chi connectivity index (χ0v) is 11.5. The average molecular weight is 293 g/mol. The van der Waals surface area contributed by atoms with Crippen molar-refractivity contribution in [1.82, 2.24) is 4.98 Å². The van der Waals surface area contributed by atoms with Crippen molar-refractivity contribution in [2.75, 3.05) is 12.4 Å². The van der Waals surface area contributed by atoms with Crippen molar-refractivity contribution < 1.29 is 14.6 Å². The van der Waals surface area contributed by atoms with E-state index >= 15 is 0 Å². The zero-order valence-electron chi connectivity index (χ0n) is 10.8. The SMILES string of the molecule is COc1ccc(CNc2ccc(C(=O)O)cc2Cl)cn1. The van der Waals surface area contributed by atoms with Crippen LogP contribution < -0.4 is 10.1 Å². The van der Waals surface area contributed by atoms with E-state index in [0.29, 0.717) is 23.1 Å². The van der Waals surface area contributed by atoms with Crippen LogP contribution in [0, 0.1) is 0 Å². The summed E-state index contributed by atoms with van der Waals surface area (Å²) in [5.74, 6) is -0.449. The van der Waals surface area contributed by atoms with Crippen LogP contribution in [0.25, 0.3) is 0 Å². The second-order valence-electron chi connectivity index (χ2n) is 4.06. The van der Waals surface area contributed by atoms with Gasteiger partial charge in [-0.1, -0.05) is 17.7 Å². The van der Waals surface area contributed by atoms with Gasteiger partial charge in [-0.15, -0.1) is 0 Å². The highest BCUT2D eigenvalue weighted by Crippen LogP contribution is 2.23. The summed E-state index contributed by atoms with van der Waals surface area (Å²) in [5, 5.41) is 12.4. The molecule has 0 saturated carbocycles. The van der Waals surface area contributed by atoms with E-state index in [2.05, 4.69) is 10.3 Å². The van der Waals surface area contributed by atoms with Crippen molar-refractivity contribution in [2.45, 2.75) is 6.54 Å². The maximum Gasteiger partial charge on any atom is 0.335 e. The van der Waals surface area contributed by atoms with Gasteiger partial charge in [0.25, 0.3) is 0 Å². The van der Waals surface area contributed by atoms with Gasteiger partial charge in [0.2, 0.25) is 5.88 Å². The number of nitrogens with zero attached hydrogens (tertiary/aromatic N) is 1. The first-order chi connectivity index (χ1) is 9.60. The molecule has 6 heteroatoms. The Morgan fingerprint density at radius 3 is 2.75 bits per heavy atom. The van der Waals surface area contributed by atoms with Crippen LogP contribution >= 0.6 is 11.6 Å². The van der Waals surface area contributed by atoms with Crippen molar-refractivity contribution in [3.63, 3.8) is 0 Å². The highest BCUT2D eigenvalue weighted by atomic mass is 35.5. The molecule has 0 unspecified atom stereocenters. The molecule has 2 rings (SSSR count). The van der Waals surface area contributed by atoms with Crippen molar-refractivity contribution in [1.29, 1.82) is 0 Å². The highest BCUT2D eigenvalue weighted by molar-refractivity contribution is 6.33. The Morgan fingerprint density at radius 2 is 2.20 bits per heavy atom. The van der Waals surface area contributed by atoms with Gasteiger partial charge >= 0.3 is 5.97 Å². The lowest BCUT2D eigenvalue weighted by Crippen LogP contribution is -2.02. The van der Waals surface area contributed by atoms with Gasteiger partial charge in [0.05, 0.1) is 23.4 Å². The molecule has 0 bridgehead atoms. The van der Waals surface area contributed by atoms with Crippen LogP contribution in [-0.4, -0.2) is 23.2 Å². The number of benzene rings is 1. The maximum absolute atomic E-state index is 10.8. The molecule has 0 spiro atoms. The number of pyridine rings is 1. The summed E-state index contributed by atoms with van der Waals surface area (Å²) in [7, 11) is 1.56. The molecule has 1 aromatic carbocycles. The topological polar surface area (TPSA) is 71.5 Å². The van der Waals surface area contributed by atoms with Crippen LogP contribution in [-0.2, 0) is 6.54 Å². The molecule has 104 valence electrons. The van der Waals surface area contributed by atoms with E-state index in [1.807, 2.05) is 6.07 Å². The van der Waals surface area contributed by atoms with E-state index in [1.54, 1.807) is 25.4 Å². The third-order valence-corrected chi connectivity index (χ3v) is 3.02. The van der Waals surface area contributed by atoms with Crippen LogP contribution in [0.3, 0.4) is 0 Å². The number of aromatic nitrogens is 1. The zero-order chi connectivity index (χ0) is 14.5. The Kier molecular flexibility index (Phi) is 4.42. The van der Waals surface area contributed by atoms with Gasteiger partial charge in [-0.05, 0) is 23.8 Å². The second-order valence-corrected chi connectivity index (χ2v) is 4.47. The van der Waals surface area contributed by atoms with Gasteiger partial charge in [0.1, 0.15) is 0 Å². The summed E-state index contributed by atoms with van der Waals surface area (Å²) < 4.78 is 4.98. The van der Waals surface area contributed by atoms with E-state index in [-0.39, 0.29) is 5.56 Å². The number of nitrogens with one attached hydrogen (secondary N) is 1. The average Bonchev–Trinajstić information content (AvgIpc) is 2.46. The minimum atomic E-state index is -1.00. The molecule has 20 heavy (non-hydrogen) atoms. The lowest BCUT2D eigenvalue weighted by atomic mass is 10.2. The molecule has 0 aliphatic rings. The predicted molar refractivity (Wildman–Crippen MR) is 76.5 cm³/mol. The van der Waals surface area contributed by atoms with E-state index in [4.69, 9.17) is 21.4 Å². The Morgan fingerprint density at radius 1 is 1.40 bits per heavy atom. The Labute approximate surface area is 121 Å². The number of carboxylic acids is 1. The summed E-state index contributed by atoms with van der Waals surface area (Å²) >= 11 is 6.03. The van der Waals surface area contributed by atoms with Gasteiger partial charge in [0.15, 0.2) is 0 Å². The summed E-state index contributed by atoms with van der Waals surface area (Å²) in [6.45, 7) is 0.531. The minimum absolute atomic E-state index is 0.159. The van der Waals surface area contributed by atoms with E-state index in [0.717, 1.165) is 5.56 Å². The van der Waals surface area contributed by atoms with Gasteiger partial charge in [-0.2, -0.15) is 0 Å². The van der Waals surface area contributed by atoms with Gasteiger partial charge < -0.3 is 15.2 Å². The molecule has 0 saturated heterocycles. The van der Waals surface area contributed by atoms with E-state index < -0.39 is 5.97 Å². The molecule has 0 aliphatic carbocycles. The van der Waals surface area contributed by atoms with Crippen molar-refractivity contribution in [3.05, 3.63) is 52.7 Å². The van der Waals surface area contributed by atoms with Crippen molar-refractivity contribution in [2.24, 2.45) is 0 Å². The first kappa shape index (κ1) is 14.1. The molecule has 2 N–H and O–H groups in total. The standard InChI is InChI=1S/C14H13ClN2O3/c1-20-13-5-2-9(8-17-13)7-16-12-4-3-10(14(18)19)6-11(12)15/h2-6,8,16H,7H2,1H3,(H,18,19). The smallest absolute Gasteiger partial charge is 0.335 e. The van der Waals surface area contributed by atoms with Crippen molar-refractivity contribution in [3.8, 4) is 5.88 Å². The van der Waals surface area contributed by atoms with Gasteiger partial charge in [-0.25, -0.2) is 9.78 Å². The molecule has 0 atom stereocenters. The molecule has 5 nitrogen and oxygen atoms in total. The third-order valence-electron chi connectivity index (χ3n) is 2.71. The number of anilines is 1. The number of rotatable bonds is 5. The van der Waals surface area contributed by atoms with Crippen LogP contribution in [0.15, 0.2) is 36.5 Å². The van der Waals surface area contributed by atoms with Crippen LogP contribution in [0.2, 0.25) is 5.02 Å². The molecular weight excluding hydrogens is 280 g/mol. The lowest BCUT2D eigenvalue weighted by Gasteiger charge is -2.09. The fourth-order valence-corrected chi connectivity index (χ4v) is 1.87. The van der Waals surface area contributed by atoms with Gasteiger partial charge in [-0.3, -0.25) is 0 Å². The second kappa shape index (κ2) is 6.25. The molecule has 1 aromatic heterocycles. The van der Waals surface area contributed by atoms with Gasteiger partial charge in [0, 0.05) is 18.8 Å². The third kappa shape index (κ3) is 3.39. The number of halogens is 1. The maximum atomic E-state index is 10.8. The highest BCUT2D eigenvalue weighted by Gasteiger charge is 2.06. The number of hydrogen-bond donors (Lipinski definition) is 2. The Bertz CT molecular complexity index is 614. The molecule has 1 heterocycles. The Hall–Kier alpha value is -2.27. The van der Waals surface area contributed by atoms with Crippen molar-refractivity contribution >= 4 is 23.3 Å². The Balaban J connectivity index is 2.04. The minimum Gasteiger partial charge on any atom is -0.481 e. The number of carbonyl (C=O) groups is 1. The fraction of sp³-hybridized carbons (Fsp3) is 0.143. The number of carboxylic acid groups (broad SMARTS) is 1. The number of aromatic carboxylic acids is 1. The largest absolute Gasteiger partial charge is 0.481 e. The summed E-state index contributed by atoms with van der Waals surface area (Å²) in [4.78, 5) is 14.9. The summed E-state index contributed by atoms with van der Waals surface area (Å²) in [6.07, 6.45) is 1.70. The summed E-state index contributed by atoms with van der Waals surface area (Å²) in [5.41, 5.74) is 1.79. The monoisotopic (exact) mass is 292 g/mol. The van der Waals surface area contributed by atoms with Crippen LogP contribution in [0.4, 0.5) is 5.69 Å². The first-order valence-electron chi connectivity index (χ1n) is 5.86. The van der Waals surface area contributed by atoms with Crippen LogP contribution in [0.1, 0.15) is 15.9 Å². The fourth-order valence-electron chi connectivity index (χ4n) is 1.63. The molecular formula is C14H13ClN2O3.